The number of rotatable bonds is 5. The molecule has 2 aromatic heterocycles. The molecule has 0 aliphatic carbocycles. The van der Waals surface area contributed by atoms with Crippen molar-refractivity contribution >= 4 is 28.3 Å². The van der Waals surface area contributed by atoms with E-state index in [4.69, 9.17) is 0 Å². The van der Waals surface area contributed by atoms with Crippen LogP contribution < -0.4 is 5.32 Å². The Morgan fingerprint density at radius 1 is 1.28 bits per heavy atom. The number of hydrogen-bond donors (Lipinski definition) is 1. The van der Waals surface area contributed by atoms with Gasteiger partial charge in [-0.1, -0.05) is 0 Å². The van der Waals surface area contributed by atoms with E-state index >= 15 is 0 Å². The summed E-state index contributed by atoms with van der Waals surface area (Å²) in [5.74, 6) is 0.569. The number of carbonyl (C=O) groups is 1. The molecule has 1 saturated heterocycles. The van der Waals surface area contributed by atoms with Crippen LogP contribution in [0.15, 0.2) is 42.7 Å². The maximum Gasteiger partial charge on any atom is 0.270 e. The van der Waals surface area contributed by atoms with Gasteiger partial charge in [-0.05, 0) is 43.5 Å². The van der Waals surface area contributed by atoms with Crippen LogP contribution in [0, 0.1) is 23.0 Å². The number of hydrogen-bond acceptors (Lipinski definition) is 6. The SMILES string of the molecule is Cc1ccnc(NC(=O)C2CCN(Cn3ncc4cc([N+](=O)[O-])ccc43)CC2)c1. The van der Waals surface area contributed by atoms with Gasteiger partial charge >= 0.3 is 0 Å². The fraction of sp³-hybridized carbons (Fsp3) is 0.350. The summed E-state index contributed by atoms with van der Waals surface area (Å²) in [5, 5.41) is 19.0. The molecular weight excluding hydrogens is 372 g/mol. The monoisotopic (exact) mass is 394 g/mol. The minimum Gasteiger partial charge on any atom is -0.310 e. The normalized spacial score (nSPS) is 15.5. The van der Waals surface area contributed by atoms with E-state index in [1.54, 1.807) is 18.5 Å². The number of amides is 1. The number of aryl methyl sites for hydroxylation is 1. The van der Waals surface area contributed by atoms with Crippen molar-refractivity contribution in [3.63, 3.8) is 0 Å². The highest BCUT2D eigenvalue weighted by atomic mass is 16.6. The number of nitro groups is 1. The quantitative estimate of drug-likeness (QED) is 0.527. The summed E-state index contributed by atoms with van der Waals surface area (Å²) in [6, 6.07) is 8.52. The van der Waals surface area contributed by atoms with Crippen LogP contribution in [0.4, 0.5) is 11.5 Å². The first-order chi connectivity index (χ1) is 14.0. The smallest absolute Gasteiger partial charge is 0.270 e. The predicted molar refractivity (Wildman–Crippen MR) is 108 cm³/mol. The zero-order chi connectivity index (χ0) is 20.4. The number of nitrogens with one attached hydrogen (secondary N) is 1. The third-order valence-electron chi connectivity index (χ3n) is 5.30. The lowest BCUT2D eigenvalue weighted by Crippen LogP contribution is -2.39. The van der Waals surface area contributed by atoms with Gasteiger partial charge in [-0.3, -0.25) is 24.5 Å². The molecule has 0 spiro atoms. The molecule has 1 fully saturated rings. The lowest BCUT2D eigenvalue weighted by atomic mass is 9.96. The zero-order valence-electron chi connectivity index (χ0n) is 16.1. The molecule has 1 aromatic carbocycles. The molecule has 1 aliphatic rings. The summed E-state index contributed by atoms with van der Waals surface area (Å²) in [6.45, 7) is 4.13. The second kappa shape index (κ2) is 7.96. The number of piperidine rings is 1. The molecule has 0 unspecified atom stereocenters. The molecule has 150 valence electrons. The number of anilines is 1. The van der Waals surface area contributed by atoms with Crippen LogP contribution in [-0.2, 0) is 11.5 Å². The Balaban J connectivity index is 1.34. The largest absolute Gasteiger partial charge is 0.310 e. The Morgan fingerprint density at radius 3 is 2.79 bits per heavy atom. The number of fused-ring (bicyclic) bond motifs is 1. The fourth-order valence-electron chi connectivity index (χ4n) is 3.66. The average molecular weight is 394 g/mol. The van der Waals surface area contributed by atoms with Crippen molar-refractivity contribution < 1.29 is 9.72 Å². The number of likely N-dealkylation sites (tertiary alicyclic amines) is 1. The Hall–Kier alpha value is -3.33. The number of nitro benzene ring substituents is 1. The Bertz CT molecular complexity index is 1060. The number of nitrogens with zero attached hydrogens (tertiary/aromatic N) is 5. The molecule has 0 saturated carbocycles. The van der Waals surface area contributed by atoms with Crippen molar-refractivity contribution in [1.29, 1.82) is 0 Å². The summed E-state index contributed by atoms with van der Waals surface area (Å²) in [4.78, 5) is 29.5. The maximum absolute atomic E-state index is 12.5. The number of carbonyl (C=O) groups excluding carboxylic acids is 1. The van der Waals surface area contributed by atoms with E-state index < -0.39 is 4.92 Å². The van der Waals surface area contributed by atoms with E-state index in [-0.39, 0.29) is 17.5 Å². The topological polar surface area (TPSA) is 106 Å². The second-order valence-corrected chi connectivity index (χ2v) is 7.39. The molecule has 4 rings (SSSR count). The first kappa shape index (κ1) is 19.0. The molecule has 3 heterocycles. The molecule has 9 heteroatoms. The van der Waals surface area contributed by atoms with E-state index in [1.807, 2.05) is 23.7 Å². The van der Waals surface area contributed by atoms with Crippen LogP contribution in [0.1, 0.15) is 18.4 Å². The third kappa shape index (κ3) is 4.24. The molecule has 1 amide bonds. The Labute approximate surface area is 167 Å². The molecule has 0 bridgehead atoms. The minimum atomic E-state index is -0.404. The van der Waals surface area contributed by atoms with Crippen LogP contribution >= 0.6 is 0 Å². The highest BCUT2D eigenvalue weighted by Gasteiger charge is 2.25. The molecule has 9 nitrogen and oxygen atoms in total. The van der Waals surface area contributed by atoms with Crippen molar-refractivity contribution in [3.8, 4) is 0 Å². The van der Waals surface area contributed by atoms with Gasteiger partial charge in [0.2, 0.25) is 5.91 Å². The van der Waals surface area contributed by atoms with Crippen molar-refractivity contribution in [2.24, 2.45) is 5.92 Å². The van der Waals surface area contributed by atoms with Crippen LogP contribution in [0.25, 0.3) is 10.9 Å². The number of aromatic nitrogens is 3. The summed E-state index contributed by atoms with van der Waals surface area (Å²) in [6.07, 6.45) is 4.87. The van der Waals surface area contributed by atoms with E-state index in [0.717, 1.165) is 42.4 Å². The lowest BCUT2D eigenvalue weighted by Gasteiger charge is -2.31. The van der Waals surface area contributed by atoms with Gasteiger partial charge in [0.05, 0.1) is 23.3 Å². The molecule has 1 N–H and O–H groups in total. The average Bonchev–Trinajstić information content (AvgIpc) is 3.10. The van der Waals surface area contributed by atoms with E-state index in [9.17, 15) is 14.9 Å². The number of benzene rings is 1. The second-order valence-electron chi connectivity index (χ2n) is 7.39. The Kier molecular flexibility index (Phi) is 5.22. The zero-order valence-corrected chi connectivity index (χ0v) is 16.1. The summed E-state index contributed by atoms with van der Waals surface area (Å²) in [7, 11) is 0. The first-order valence-electron chi connectivity index (χ1n) is 9.55. The Morgan fingerprint density at radius 2 is 2.07 bits per heavy atom. The summed E-state index contributed by atoms with van der Waals surface area (Å²) < 4.78 is 1.84. The van der Waals surface area contributed by atoms with Gasteiger partial charge < -0.3 is 5.32 Å². The van der Waals surface area contributed by atoms with Gasteiger partial charge in [0, 0.05) is 42.7 Å². The van der Waals surface area contributed by atoms with E-state index in [2.05, 4.69) is 20.3 Å². The standard InChI is InChI=1S/C20H22N6O3/c1-14-4-7-21-19(10-14)23-20(27)15-5-8-24(9-6-15)13-25-18-3-2-17(26(28)29)11-16(18)12-22-25/h2-4,7,10-12,15H,5-6,8-9,13H2,1H3,(H,21,23,27). The maximum atomic E-state index is 12.5. The van der Waals surface area contributed by atoms with Crippen molar-refractivity contribution in [2.45, 2.75) is 26.4 Å². The van der Waals surface area contributed by atoms with Gasteiger partial charge in [0.1, 0.15) is 5.82 Å². The first-order valence-corrected chi connectivity index (χ1v) is 9.55. The molecule has 3 aromatic rings. The lowest BCUT2D eigenvalue weighted by molar-refractivity contribution is -0.384. The number of non-ortho nitro benzene ring substituents is 1. The highest BCUT2D eigenvalue weighted by Crippen LogP contribution is 2.23. The van der Waals surface area contributed by atoms with Crippen LogP contribution in [-0.4, -0.2) is 43.6 Å². The minimum absolute atomic E-state index is 0.0135. The number of pyridine rings is 1. The van der Waals surface area contributed by atoms with Gasteiger partial charge in [-0.25, -0.2) is 4.98 Å². The van der Waals surface area contributed by atoms with Crippen molar-refractivity contribution in [1.82, 2.24) is 19.7 Å². The van der Waals surface area contributed by atoms with Gasteiger partial charge in [0.25, 0.3) is 5.69 Å². The molecule has 0 radical (unpaired) electrons. The predicted octanol–water partition coefficient (Wildman–Crippen LogP) is 2.96. The van der Waals surface area contributed by atoms with Gasteiger partial charge in [-0.2, -0.15) is 5.10 Å². The van der Waals surface area contributed by atoms with Gasteiger partial charge in [-0.15, -0.1) is 0 Å². The van der Waals surface area contributed by atoms with E-state index in [0.29, 0.717) is 12.5 Å². The van der Waals surface area contributed by atoms with Gasteiger partial charge in [0.15, 0.2) is 0 Å². The molecule has 0 atom stereocenters. The summed E-state index contributed by atoms with van der Waals surface area (Å²) in [5.41, 5.74) is 1.98. The van der Waals surface area contributed by atoms with Crippen molar-refractivity contribution in [3.05, 3.63) is 58.4 Å². The van der Waals surface area contributed by atoms with Crippen LogP contribution in [0.3, 0.4) is 0 Å². The van der Waals surface area contributed by atoms with Crippen LogP contribution in [0.5, 0.6) is 0 Å². The fourth-order valence-corrected chi connectivity index (χ4v) is 3.66. The summed E-state index contributed by atoms with van der Waals surface area (Å²) >= 11 is 0. The molecular formula is C20H22N6O3. The van der Waals surface area contributed by atoms with Crippen molar-refractivity contribution in [2.75, 3.05) is 18.4 Å². The van der Waals surface area contributed by atoms with Crippen LogP contribution in [0.2, 0.25) is 0 Å². The van der Waals surface area contributed by atoms with E-state index in [1.165, 1.54) is 12.1 Å². The highest BCUT2D eigenvalue weighted by molar-refractivity contribution is 5.91. The molecule has 1 aliphatic heterocycles. The third-order valence-corrected chi connectivity index (χ3v) is 5.30. The molecule has 29 heavy (non-hydrogen) atoms.